The van der Waals surface area contributed by atoms with Crippen molar-refractivity contribution >= 4 is 23.3 Å². The summed E-state index contributed by atoms with van der Waals surface area (Å²) in [5, 5.41) is 19.0. The van der Waals surface area contributed by atoms with E-state index in [1.807, 2.05) is 10.6 Å². The summed E-state index contributed by atoms with van der Waals surface area (Å²) in [6, 6.07) is 10.0. The number of halogens is 2. The Hall–Kier alpha value is -3.39. The standard InChI is InChI=1S/C24H22ClFN4O3/c1-33-21-9-7-18(26)11-19(21)14-2-4-15(5-3-14)23-28-27-22-13-29(24(31)32)12-16-10-17(25)6-8-20(16)30(22)23/h2,6-11,15H,3-5,12-13H2,1H3,(H,31,32). The molecule has 1 aromatic heterocycles. The third-order valence-corrected chi connectivity index (χ3v) is 6.52. The Kier molecular flexibility index (Phi) is 5.54. The lowest BCUT2D eigenvalue weighted by Crippen LogP contribution is -2.27. The monoisotopic (exact) mass is 468 g/mol. The van der Waals surface area contributed by atoms with E-state index in [1.165, 1.54) is 17.0 Å². The predicted molar refractivity (Wildman–Crippen MR) is 121 cm³/mol. The highest BCUT2D eigenvalue weighted by molar-refractivity contribution is 6.30. The molecule has 1 aliphatic carbocycles. The maximum Gasteiger partial charge on any atom is 0.408 e. The van der Waals surface area contributed by atoms with Gasteiger partial charge in [-0.1, -0.05) is 17.7 Å². The topological polar surface area (TPSA) is 80.5 Å². The predicted octanol–water partition coefficient (Wildman–Crippen LogP) is 5.41. The van der Waals surface area contributed by atoms with Crippen LogP contribution in [-0.2, 0) is 13.1 Å². The summed E-state index contributed by atoms with van der Waals surface area (Å²) >= 11 is 6.21. The molecule has 170 valence electrons. The number of methoxy groups -OCH3 is 1. The summed E-state index contributed by atoms with van der Waals surface area (Å²) in [6.07, 6.45) is 3.33. The molecular weight excluding hydrogens is 447 g/mol. The normalized spacial score (nSPS) is 17.6. The van der Waals surface area contributed by atoms with E-state index in [-0.39, 0.29) is 24.8 Å². The van der Waals surface area contributed by atoms with Crippen LogP contribution in [0, 0.1) is 5.82 Å². The molecule has 7 nitrogen and oxygen atoms in total. The second kappa shape index (κ2) is 8.51. The molecule has 2 aromatic carbocycles. The van der Waals surface area contributed by atoms with Crippen LogP contribution in [0.15, 0.2) is 42.5 Å². The third kappa shape index (κ3) is 3.95. The number of hydrogen-bond donors (Lipinski definition) is 1. The van der Waals surface area contributed by atoms with E-state index in [9.17, 15) is 14.3 Å². The average Bonchev–Trinajstić information content (AvgIpc) is 3.14. The van der Waals surface area contributed by atoms with Crippen molar-refractivity contribution in [2.45, 2.75) is 38.3 Å². The van der Waals surface area contributed by atoms with Crippen LogP contribution >= 0.6 is 11.6 Å². The van der Waals surface area contributed by atoms with E-state index in [1.54, 1.807) is 25.3 Å². The Morgan fingerprint density at radius 3 is 2.79 bits per heavy atom. The molecule has 0 bridgehead atoms. The summed E-state index contributed by atoms with van der Waals surface area (Å²) in [6.45, 7) is 0.366. The zero-order valence-electron chi connectivity index (χ0n) is 18.0. The number of fused-ring (bicyclic) bond motifs is 3. The van der Waals surface area contributed by atoms with Crippen molar-refractivity contribution in [2.24, 2.45) is 0 Å². The molecule has 1 amide bonds. The molecule has 0 saturated heterocycles. The van der Waals surface area contributed by atoms with Gasteiger partial charge in [-0.05, 0) is 66.8 Å². The lowest BCUT2D eigenvalue weighted by Gasteiger charge is -2.23. The fourth-order valence-corrected chi connectivity index (χ4v) is 4.87. The Labute approximate surface area is 195 Å². The van der Waals surface area contributed by atoms with Gasteiger partial charge >= 0.3 is 6.09 Å². The summed E-state index contributed by atoms with van der Waals surface area (Å²) in [5.41, 5.74) is 3.47. The van der Waals surface area contributed by atoms with Crippen LogP contribution in [0.2, 0.25) is 5.02 Å². The molecule has 0 radical (unpaired) electrons. The van der Waals surface area contributed by atoms with Gasteiger partial charge in [-0.15, -0.1) is 10.2 Å². The third-order valence-electron chi connectivity index (χ3n) is 6.29. The van der Waals surface area contributed by atoms with Gasteiger partial charge in [0.1, 0.15) is 17.4 Å². The summed E-state index contributed by atoms with van der Waals surface area (Å²) in [4.78, 5) is 13.1. The van der Waals surface area contributed by atoms with E-state index in [0.717, 1.165) is 41.1 Å². The minimum atomic E-state index is -1.02. The second-order valence-electron chi connectivity index (χ2n) is 8.27. The van der Waals surface area contributed by atoms with Crippen molar-refractivity contribution in [3.8, 4) is 11.4 Å². The Morgan fingerprint density at radius 2 is 2.06 bits per heavy atom. The number of rotatable bonds is 3. The second-order valence-corrected chi connectivity index (χ2v) is 8.70. The molecule has 2 aliphatic rings. The highest BCUT2D eigenvalue weighted by Gasteiger charge is 2.30. The number of benzene rings is 2. The lowest BCUT2D eigenvalue weighted by atomic mass is 9.85. The van der Waals surface area contributed by atoms with E-state index < -0.39 is 6.09 Å². The molecule has 1 aliphatic heterocycles. The van der Waals surface area contributed by atoms with Gasteiger partial charge in [0.25, 0.3) is 0 Å². The number of aromatic nitrogens is 3. The fourth-order valence-electron chi connectivity index (χ4n) is 4.67. The molecule has 1 atom stereocenters. The van der Waals surface area contributed by atoms with E-state index in [2.05, 4.69) is 16.3 Å². The maximum absolute atomic E-state index is 13.9. The van der Waals surface area contributed by atoms with Crippen molar-refractivity contribution < 1.29 is 19.0 Å². The Balaban J connectivity index is 1.51. The van der Waals surface area contributed by atoms with Crippen molar-refractivity contribution in [2.75, 3.05) is 7.11 Å². The molecule has 33 heavy (non-hydrogen) atoms. The van der Waals surface area contributed by atoms with Crippen LogP contribution in [0.1, 0.15) is 48.0 Å². The smallest absolute Gasteiger partial charge is 0.408 e. The Bertz CT molecular complexity index is 1270. The largest absolute Gasteiger partial charge is 0.496 e. The molecule has 0 fully saturated rings. The highest BCUT2D eigenvalue weighted by Crippen LogP contribution is 2.40. The fraction of sp³-hybridized carbons (Fsp3) is 0.292. The maximum atomic E-state index is 13.9. The highest BCUT2D eigenvalue weighted by atomic mass is 35.5. The van der Waals surface area contributed by atoms with E-state index in [4.69, 9.17) is 16.3 Å². The number of hydrogen-bond acceptors (Lipinski definition) is 4. The first-order chi connectivity index (χ1) is 15.9. The SMILES string of the molecule is COc1ccc(F)cc1C1=CCC(c2nnc3n2-c2ccc(Cl)cc2CN(C(=O)O)C3)CC1. The van der Waals surface area contributed by atoms with Gasteiger partial charge in [0.05, 0.1) is 25.9 Å². The van der Waals surface area contributed by atoms with Crippen molar-refractivity contribution in [3.05, 3.63) is 76.1 Å². The molecule has 1 N–H and O–H groups in total. The molecule has 0 saturated carbocycles. The zero-order valence-corrected chi connectivity index (χ0v) is 18.7. The molecule has 3 aromatic rings. The van der Waals surface area contributed by atoms with Gasteiger partial charge in [-0.25, -0.2) is 9.18 Å². The lowest BCUT2D eigenvalue weighted by molar-refractivity contribution is 0.139. The van der Waals surface area contributed by atoms with Crippen LogP contribution in [0.3, 0.4) is 0 Å². The average molecular weight is 469 g/mol. The molecule has 2 heterocycles. The van der Waals surface area contributed by atoms with Crippen LogP contribution in [0.5, 0.6) is 5.75 Å². The van der Waals surface area contributed by atoms with Crippen LogP contribution in [-0.4, -0.2) is 38.0 Å². The molecule has 9 heteroatoms. The summed E-state index contributed by atoms with van der Waals surface area (Å²) in [5.74, 6) is 1.82. The quantitative estimate of drug-likeness (QED) is 0.555. The number of carboxylic acid groups (broad SMARTS) is 1. The molecule has 1 unspecified atom stereocenters. The summed E-state index contributed by atoms with van der Waals surface area (Å²) in [7, 11) is 1.58. The molecule has 5 rings (SSSR count). The van der Waals surface area contributed by atoms with E-state index in [0.29, 0.717) is 23.0 Å². The molecular formula is C24H22ClFN4O3. The first-order valence-electron chi connectivity index (χ1n) is 10.7. The van der Waals surface area contributed by atoms with Crippen LogP contribution < -0.4 is 4.74 Å². The van der Waals surface area contributed by atoms with Crippen LogP contribution in [0.25, 0.3) is 11.3 Å². The summed E-state index contributed by atoms with van der Waals surface area (Å²) < 4.78 is 21.3. The zero-order chi connectivity index (χ0) is 23.1. The number of ether oxygens (including phenoxy) is 1. The number of amides is 1. The van der Waals surface area contributed by atoms with Crippen molar-refractivity contribution in [1.82, 2.24) is 19.7 Å². The number of carbonyl (C=O) groups is 1. The minimum absolute atomic E-state index is 0.0921. The first-order valence-corrected chi connectivity index (χ1v) is 11.1. The van der Waals surface area contributed by atoms with Gasteiger partial charge in [0, 0.05) is 16.5 Å². The number of allylic oxidation sites excluding steroid dienone is 2. The Morgan fingerprint density at radius 1 is 1.21 bits per heavy atom. The van der Waals surface area contributed by atoms with Crippen molar-refractivity contribution in [1.29, 1.82) is 0 Å². The van der Waals surface area contributed by atoms with Crippen molar-refractivity contribution in [3.63, 3.8) is 0 Å². The van der Waals surface area contributed by atoms with Gasteiger partial charge in [0.15, 0.2) is 5.82 Å². The molecule has 0 spiro atoms. The first kappa shape index (κ1) is 21.5. The van der Waals surface area contributed by atoms with Gasteiger partial charge in [-0.3, -0.25) is 9.47 Å². The number of nitrogens with zero attached hydrogens (tertiary/aromatic N) is 4. The van der Waals surface area contributed by atoms with Gasteiger partial charge in [0.2, 0.25) is 0 Å². The van der Waals surface area contributed by atoms with Gasteiger partial charge in [-0.2, -0.15) is 0 Å². The van der Waals surface area contributed by atoms with Gasteiger partial charge < -0.3 is 9.84 Å². The van der Waals surface area contributed by atoms with Crippen LogP contribution in [0.4, 0.5) is 9.18 Å². The van der Waals surface area contributed by atoms with E-state index >= 15 is 0 Å². The minimum Gasteiger partial charge on any atom is -0.496 e.